The van der Waals surface area contributed by atoms with Crippen LogP contribution in [0.3, 0.4) is 0 Å². The van der Waals surface area contributed by atoms with E-state index in [1.807, 2.05) is 6.92 Å². The van der Waals surface area contributed by atoms with Gasteiger partial charge < -0.3 is 10.5 Å². The molecular weight excluding hydrogens is 488 g/mol. The highest BCUT2D eigenvalue weighted by molar-refractivity contribution is 5.75. The summed E-state index contributed by atoms with van der Waals surface area (Å²) in [6.45, 7) is 3.95. The van der Waals surface area contributed by atoms with Crippen LogP contribution in [0.4, 0.5) is 23.4 Å². The molecule has 3 aromatic heterocycles. The third-order valence-corrected chi connectivity index (χ3v) is 7.26. The molecule has 0 radical (unpaired) electrons. The lowest BCUT2D eigenvalue weighted by Gasteiger charge is -2.23. The Morgan fingerprint density at radius 2 is 1.95 bits per heavy atom. The Kier molecular flexibility index (Phi) is 5.12. The van der Waals surface area contributed by atoms with Crippen molar-refractivity contribution in [3.05, 3.63) is 64.9 Å². The number of aromatic nitrogens is 5. The SMILES string of the molecule is CCn1nc2c3c1-c1cnc(N)c(c1)O[C@H](C)c1cc(F)ccc1-c1nn(C)cc1[C@H]3CC2C(F)(F)F. The standard InChI is InChI=1S/C26H24F4N6O/c1-4-36-24-13-7-20(25(31)32-10-13)37-12(2)16-8-14(27)5-6-15(16)22-18(11-35(3)33-22)17-9-19(26(28,29)30)23(34-36)21(17)24/h5-8,10-12,17,19H,4,9H2,1-3H3,(H2,31,32)/t12-,17-,19?/m1/s1. The van der Waals surface area contributed by atoms with Crippen LogP contribution >= 0.6 is 0 Å². The minimum Gasteiger partial charge on any atom is -0.482 e. The third kappa shape index (κ3) is 3.59. The zero-order valence-electron chi connectivity index (χ0n) is 20.3. The molecule has 2 N–H and O–H groups in total. The molecule has 4 heterocycles. The molecule has 0 spiro atoms. The summed E-state index contributed by atoms with van der Waals surface area (Å²) < 4.78 is 66.8. The first-order chi connectivity index (χ1) is 17.6. The van der Waals surface area contributed by atoms with Gasteiger partial charge in [-0.3, -0.25) is 9.36 Å². The minimum absolute atomic E-state index is 0.00760. The van der Waals surface area contributed by atoms with E-state index in [0.29, 0.717) is 45.7 Å². The summed E-state index contributed by atoms with van der Waals surface area (Å²) >= 11 is 0. The van der Waals surface area contributed by atoms with Gasteiger partial charge in [-0.2, -0.15) is 23.4 Å². The van der Waals surface area contributed by atoms with E-state index in [2.05, 4.69) is 15.2 Å². The summed E-state index contributed by atoms with van der Waals surface area (Å²) in [7, 11) is 1.72. The number of fused-ring (bicyclic) bond motifs is 7. The molecule has 4 aromatic rings. The van der Waals surface area contributed by atoms with E-state index >= 15 is 0 Å². The second-order valence-electron chi connectivity index (χ2n) is 9.55. The zero-order valence-corrected chi connectivity index (χ0v) is 20.3. The quantitative estimate of drug-likeness (QED) is 0.330. The van der Waals surface area contributed by atoms with E-state index in [4.69, 9.17) is 10.5 Å². The number of nitrogens with zero attached hydrogens (tertiary/aromatic N) is 5. The Morgan fingerprint density at radius 3 is 2.68 bits per heavy atom. The molecule has 11 heteroatoms. The highest BCUT2D eigenvalue weighted by atomic mass is 19.4. The third-order valence-electron chi connectivity index (χ3n) is 7.26. The maximum atomic E-state index is 14.4. The molecule has 3 atom stereocenters. The summed E-state index contributed by atoms with van der Waals surface area (Å²) in [5.41, 5.74) is 9.91. The van der Waals surface area contributed by atoms with Crippen LogP contribution in [0.25, 0.3) is 22.5 Å². The summed E-state index contributed by atoms with van der Waals surface area (Å²) in [6.07, 6.45) is -2.07. The summed E-state index contributed by atoms with van der Waals surface area (Å²) in [5.74, 6) is -2.48. The van der Waals surface area contributed by atoms with Crippen molar-refractivity contribution in [3.63, 3.8) is 0 Å². The molecule has 2 bridgehead atoms. The first-order valence-electron chi connectivity index (χ1n) is 12.0. The number of nitrogen functional groups attached to an aromatic ring is 1. The van der Waals surface area contributed by atoms with E-state index < -0.39 is 29.9 Å². The number of anilines is 1. The Balaban J connectivity index is 1.72. The highest BCUT2D eigenvalue weighted by Crippen LogP contribution is 2.56. The average Bonchev–Trinajstić information content (AvgIpc) is 3.51. The van der Waals surface area contributed by atoms with Crippen LogP contribution < -0.4 is 10.5 Å². The van der Waals surface area contributed by atoms with Crippen LogP contribution in [-0.2, 0) is 13.6 Å². The average molecular weight is 513 g/mol. The van der Waals surface area contributed by atoms with Gasteiger partial charge in [-0.05, 0) is 44.5 Å². The van der Waals surface area contributed by atoms with Gasteiger partial charge in [0, 0.05) is 59.7 Å². The number of benzene rings is 1. The van der Waals surface area contributed by atoms with Crippen molar-refractivity contribution in [3.8, 4) is 28.3 Å². The number of nitrogens with two attached hydrogens (primary N) is 1. The topological polar surface area (TPSA) is 83.8 Å². The molecule has 0 amide bonds. The second-order valence-corrected chi connectivity index (χ2v) is 9.55. The Hall–Kier alpha value is -3.89. The molecule has 6 rings (SSSR count). The van der Waals surface area contributed by atoms with E-state index in [-0.39, 0.29) is 23.7 Å². The summed E-state index contributed by atoms with van der Waals surface area (Å²) in [5, 5.41) is 9.09. The van der Waals surface area contributed by atoms with E-state index in [1.54, 1.807) is 41.7 Å². The van der Waals surface area contributed by atoms with Gasteiger partial charge in [0.05, 0.1) is 17.1 Å². The second kappa shape index (κ2) is 8.06. The number of ether oxygens (including phenoxy) is 1. The number of hydrogen-bond donors (Lipinski definition) is 1. The van der Waals surface area contributed by atoms with Crippen molar-refractivity contribution in [1.29, 1.82) is 0 Å². The van der Waals surface area contributed by atoms with Crippen molar-refractivity contribution in [2.24, 2.45) is 7.05 Å². The van der Waals surface area contributed by atoms with Gasteiger partial charge in [0.25, 0.3) is 0 Å². The number of rotatable bonds is 1. The van der Waals surface area contributed by atoms with Crippen LogP contribution in [0, 0.1) is 5.82 Å². The lowest BCUT2D eigenvalue weighted by Crippen LogP contribution is -2.20. The molecule has 192 valence electrons. The van der Waals surface area contributed by atoms with Gasteiger partial charge in [0.2, 0.25) is 0 Å². The molecule has 7 nitrogen and oxygen atoms in total. The van der Waals surface area contributed by atoms with Crippen LogP contribution in [0.1, 0.15) is 60.6 Å². The Morgan fingerprint density at radius 1 is 1.16 bits per heavy atom. The van der Waals surface area contributed by atoms with Crippen molar-refractivity contribution < 1.29 is 22.3 Å². The largest absolute Gasteiger partial charge is 0.482 e. The van der Waals surface area contributed by atoms with E-state index in [9.17, 15) is 17.6 Å². The van der Waals surface area contributed by atoms with E-state index in [0.717, 1.165) is 0 Å². The fourth-order valence-electron chi connectivity index (χ4n) is 5.65. The Labute approximate surface area is 209 Å². The minimum atomic E-state index is -4.48. The van der Waals surface area contributed by atoms with Crippen LogP contribution in [0.2, 0.25) is 0 Å². The van der Waals surface area contributed by atoms with Crippen molar-refractivity contribution >= 4 is 5.82 Å². The molecule has 0 saturated heterocycles. The molecule has 2 aliphatic rings. The molecule has 1 aromatic carbocycles. The fraction of sp³-hybridized carbons (Fsp3) is 0.346. The molecule has 1 aliphatic carbocycles. The van der Waals surface area contributed by atoms with Crippen LogP contribution in [-0.4, -0.2) is 30.7 Å². The maximum Gasteiger partial charge on any atom is 0.397 e. The number of pyridine rings is 1. The number of alkyl halides is 3. The Bertz CT molecular complexity index is 1540. The van der Waals surface area contributed by atoms with Crippen molar-refractivity contribution in [2.45, 2.75) is 50.9 Å². The predicted octanol–water partition coefficient (Wildman–Crippen LogP) is 5.72. The predicted molar refractivity (Wildman–Crippen MR) is 128 cm³/mol. The molecule has 0 saturated carbocycles. The molecule has 1 unspecified atom stereocenters. The van der Waals surface area contributed by atoms with Gasteiger partial charge in [0.15, 0.2) is 11.6 Å². The fourth-order valence-corrected chi connectivity index (χ4v) is 5.65. The van der Waals surface area contributed by atoms with Gasteiger partial charge in [-0.1, -0.05) is 0 Å². The first kappa shape index (κ1) is 23.5. The summed E-state index contributed by atoms with van der Waals surface area (Å²) in [4.78, 5) is 4.28. The molecule has 0 fully saturated rings. The number of halogens is 4. The lowest BCUT2D eigenvalue weighted by molar-refractivity contribution is -0.151. The first-order valence-corrected chi connectivity index (χ1v) is 12.0. The van der Waals surface area contributed by atoms with Crippen LogP contribution in [0.5, 0.6) is 5.75 Å². The number of aryl methyl sites for hydroxylation is 2. The van der Waals surface area contributed by atoms with Gasteiger partial charge in [-0.25, -0.2) is 9.37 Å². The van der Waals surface area contributed by atoms with Crippen molar-refractivity contribution in [1.82, 2.24) is 24.5 Å². The number of hydrogen-bond acceptors (Lipinski definition) is 5. The molecule has 1 aliphatic heterocycles. The van der Waals surface area contributed by atoms with Crippen LogP contribution in [0.15, 0.2) is 36.7 Å². The highest BCUT2D eigenvalue weighted by Gasteiger charge is 2.52. The smallest absolute Gasteiger partial charge is 0.397 e. The van der Waals surface area contributed by atoms with Crippen molar-refractivity contribution in [2.75, 3.05) is 5.73 Å². The maximum absolute atomic E-state index is 14.4. The summed E-state index contributed by atoms with van der Waals surface area (Å²) in [6, 6.07) is 5.93. The van der Waals surface area contributed by atoms with Gasteiger partial charge in [-0.15, -0.1) is 0 Å². The molecule has 37 heavy (non-hydrogen) atoms. The zero-order chi connectivity index (χ0) is 26.2. The molecular formula is C26H24F4N6O. The normalized spacial score (nSPS) is 20.4. The van der Waals surface area contributed by atoms with E-state index in [1.165, 1.54) is 18.3 Å². The monoisotopic (exact) mass is 512 g/mol. The lowest BCUT2D eigenvalue weighted by atomic mass is 9.87. The van der Waals surface area contributed by atoms with Gasteiger partial charge in [0.1, 0.15) is 17.8 Å². The van der Waals surface area contributed by atoms with Gasteiger partial charge >= 0.3 is 6.18 Å².